The van der Waals surface area contributed by atoms with Gasteiger partial charge in [-0.25, -0.2) is 9.97 Å². The largest absolute Gasteiger partial charge is 0.327 e. The lowest BCUT2D eigenvalue weighted by Crippen LogP contribution is -2.27. The van der Waals surface area contributed by atoms with E-state index in [1.165, 1.54) is 6.07 Å². The minimum atomic E-state index is -0.211. The van der Waals surface area contributed by atoms with E-state index in [0.29, 0.717) is 0 Å². The zero-order valence-corrected chi connectivity index (χ0v) is 10.9. The molecular formula is C10H14Cl2N4O. The molecule has 0 fully saturated rings. The molecule has 1 rings (SSSR count). The van der Waals surface area contributed by atoms with E-state index in [9.17, 15) is 4.79 Å². The lowest BCUT2D eigenvalue weighted by Gasteiger charge is -2.10. The molecule has 0 spiro atoms. The molecule has 0 saturated heterocycles. The molecule has 1 unspecified atom stereocenters. The van der Waals surface area contributed by atoms with Crippen molar-refractivity contribution in [2.45, 2.75) is 32.2 Å². The van der Waals surface area contributed by atoms with E-state index in [4.69, 9.17) is 28.9 Å². The minimum Gasteiger partial charge on any atom is -0.327 e. The Balaban J connectivity index is 2.56. The molecule has 1 aromatic rings. The maximum absolute atomic E-state index is 11.6. The number of hydrogen-bond acceptors (Lipinski definition) is 4. The predicted octanol–water partition coefficient (Wildman–Crippen LogP) is 2.24. The predicted molar refractivity (Wildman–Crippen MR) is 68.2 cm³/mol. The van der Waals surface area contributed by atoms with E-state index in [2.05, 4.69) is 15.3 Å². The van der Waals surface area contributed by atoms with Gasteiger partial charge in [-0.3, -0.25) is 4.79 Å². The number of nitrogens with zero attached hydrogens (tertiary/aromatic N) is 2. The van der Waals surface area contributed by atoms with Crippen LogP contribution in [-0.2, 0) is 4.79 Å². The molecule has 17 heavy (non-hydrogen) atoms. The van der Waals surface area contributed by atoms with Crippen LogP contribution in [0, 0.1) is 0 Å². The number of nitrogens with two attached hydrogens (primary N) is 1. The van der Waals surface area contributed by atoms with Crippen LogP contribution in [0.2, 0.25) is 10.4 Å². The fourth-order valence-electron chi connectivity index (χ4n) is 1.36. The van der Waals surface area contributed by atoms with Gasteiger partial charge in [-0.1, -0.05) is 24.9 Å². The second kappa shape index (κ2) is 6.74. The van der Waals surface area contributed by atoms with Crippen LogP contribution in [-0.4, -0.2) is 21.9 Å². The molecule has 1 aromatic heterocycles. The average Bonchev–Trinajstić information content (AvgIpc) is 2.14. The molecule has 3 N–H and O–H groups in total. The van der Waals surface area contributed by atoms with Gasteiger partial charge in [0, 0.05) is 18.5 Å². The van der Waals surface area contributed by atoms with Crippen LogP contribution in [0.3, 0.4) is 0 Å². The molecule has 1 heterocycles. The van der Waals surface area contributed by atoms with Crippen molar-refractivity contribution in [3.05, 3.63) is 16.5 Å². The molecule has 7 heteroatoms. The number of aromatic nitrogens is 2. The normalized spacial score (nSPS) is 12.2. The summed E-state index contributed by atoms with van der Waals surface area (Å²) in [7, 11) is 0. The first kappa shape index (κ1) is 14.2. The van der Waals surface area contributed by atoms with E-state index in [1.54, 1.807) is 0 Å². The highest BCUT2D eigenvalue weighted by molar-refractivity contribution is 6.32. The zero-order valence-electron chi connectivity index (χ0n) is 9.41. The molecule has 0 aliphatic rings. The van der Waals surface area contributed by atoms with Crippen LogP contribution in [0.4, 0.5) is 5.82 Å². The molecule has 0 aliphatic heterocycles. The first-order valence-electron chi connectivity index (χ1n) is 5.26. The lowest BCUT2D eigenvalue weighted by atomic mass is 10.1. The van der Waals surface area contributed by atoms with Crippen molar-refractivity contribution in [3.8, 4) is 0 Å². The van der Waals surface area contributed by atoms with Crippen LogP contribution in [0.15, 0.2) is 6.07 Å². The third-order valence-corrected chi connectivity index (χ3v) is 2.40. The second-order valence-corrected chi connectivity index (χ2v) is 4.37. The maximum atomic E-state index is 11.6. The van der Waals surface area contributed by atoms with E-state index in [-0.39, 0.29) is 34.6 Å². The van der Waals surface area contributed by atoms with Crippen LogP contribution in [0.5, 0.6) is 0 Å². The summed E-state index contributed by atoms with van der Waals surface area (Å²) in [6.07, 6.45) is 1.99. The van der Waals surface area contributed by atoms with Crippen molar-refractivity contribution in [2.75, 3.05) is 5.32 Å². The Morgan fingerprint density at radius 2 is 2.24 bits per heavy atom. The summed E-state index contributed by atoms with van der Waals surface area (Å²) in [5.41, 5.74) is 5.75. The quantitative estimate of drug-likeness (QED) is 0.638. The van der Waals surface area contributed by atoms with Crippen molar-refractivity contribution >= 4 is 34.9 Å². The third kappa shape index (κ3) is 5.30. The summed E-state index contributed by atoms with van der Waals surface area (Å²) in [4.78, 5) is 19.1. The highest BCUT2D eigenvalue weighted by Crippen LogP contribution is 2.14. The number of anilines is 1. The SMILES string of the molecule is CCCC(N)CC(=O)Nc1cc(Cl)nc(Cl)n1. The second-order valence-electron chi connectivity index (χ2n) is 3.65. The Morgan fingerprint density at radius 1 is 1.53 bits per heavy atom. The van der Waals surface area contributed by atoms with Crippen molar-refractivity contribution in [3.63, 3.8) is 0 Å². The fourth-order valence-corrected chi connectivity index (χ4v) is 1.77. The standard InChI is InChI=1S/C10H14Cl2N4O/c1-2-3-6(13)4-9(17)15-8-5-7(11)14-10(12)16-8/h5-6H,2-4,13H2,1H3,(H,14,15,16,17). The fraction of sp³-hybridized carbons (Fsp3) is 0.500. The van der Waals surface area contributed by atoms with Gasteiger partial charge in [0.2, 0.25) is 11.2 Å². The van der Waals surface area contributed by atoms with Crippen molar-refractivity contribution in [2.24, 2.45) is 5.73 Å². The van der Waals surface area contributed by atoms with Crippen LogP contribution in [0.25, 0.3) is 0 Å². The summed E-state index contributed by atoms with van der Waals surface area (Å²) < 4.78 is 0. The van der Waals surface area contributed by atoms with E-state index >= 15 is 0 Å². The van der Waals surface area contributed by atoms with Gasteiger partial charge in [-0.2, -0.15) is 0 Å². The van der Waals surface area contributed by atoms with Crippen molar-refractivity contribution in [1.82, 2.24) is 9.97 Å². The molecule has 0 aliphatic carbocycles. The van der Waals surface area contributed by atoms with Crippen LogP contribution in [0.1, 0.15) is 26.2 Å². The summed E-state index contributed by atoms with van der Waals surface area (Å²) in [6, 6.07) is 1.28. The molecule has 1 amide bonds. The van der Waals surface area contributed by atoms with Gasteiger partial charge < -0.3 is 11.1 Å². The van der Waals surface area contributed by atoms with Gasteiger partial charge in [0.15, 0.2) is 0 Å². The number of halogens is 2. The van der Waals surface area contributed by atoms with Gasteiger partial charge >= 0.3 is 0 Å². The molecule has 0 aromatic carbocycles. The van der Waals surface area contributed by atoms with Gasteiger partial charge in [-0.05, 0) is 18.0 Å². The number of carbonyl (C=O) groups excluding carboxylic acids is 1. The third-order valence-electron chi connectivity index (χ3n) is 2.04. The van der Waals surface area contributed by atoms with Crippen molar-refractivity contribution < 1.29 is 4.79 Å². The molecule has 0 radical (unpaired) electrons. The number of rotatable bonds is 5. The van der Waals surface area contributed by atoms with Gasteiger partial charge in [0.05, 0.1) is 0 Å². The summed E-state index contributed by atoms with van der Waals surface area (Å²) in [5, 5.41) is 2.74. The average molecular weight is 277 g/mol. The lowest BCUT2D eigenvalue weighted by molar-refractivity contribution is -0.116. The molecule has 94 valence electrons. The molecule has 0 bridgehead atoms. The molecule has 0 saturated carbocycles. The zero-order chi connectivity index (χ0) is 12.8. The Labute approximate surface area is 110 Å². The Morgan fingerprint density at radius 3 is 2.82 bits per heavy atom. The molecular weight excluding hydrogens is 263 g/mol. The van der Waals surface area contributed by atoms with Gasteiger partial charge in [0.25, 0.3) is 0 Å². The summed E-state index contributed by atoms with van der Waals surface area (Å²) >= 11 is 11.3. The number of amides is 1. The monoisotopic (exact) mass is 276 g/mol. The van der Waals surface area contributed by atoms with E-state index < -0.39 is 0 Å². The Bertz CT molecular complexity index is 380. The van der Waals surface area contributed by atoms with Crippen LogP contribution < -0.4 is 11.1 Å². The highest BCUT2D eigenvalue weighted by atomic mass is 35.5. The first-order chi connectivity index (χ1) is 8.01. The smallest absolute Gasteiger partial charge is 0.227 e. The Hall–Kier alpha value is -0.910. The van der Waals surface area contributed by atoms with Crippen LogP contribution >= 0.6 is 23.2 Å². The molecule has 5 nitrogen and oxygen atoms in total. The highest BCUT2D eigenvalue weighted by Gasteiger charge is 2.10. The summed E-state index contributed by atoms with van der Waals surface area (Å²) in [5.74, 6) is 0.0699. The molecule has 1 atom stereocenters. The van der Waals surface area contributed by atoms with Gasteiger partial charge in [-0.15, -0.1) is 0 Å². The number of hydrogen-bond donors (Lipinski definition) is 2. The number of nitrogens with one attached hydrogen (secondary N) is 1. The van der Waals surface area contributed by atoms with Gasteiger partial charge in [0.1, 0.15) is 11.0 Å². The van der Waals surface area contributed by atoms with E-state index in [0.717, 1.165) is 12.8 Å². The maximum Gasteiger partial charge on any atom is 0.227 e. The minimum absolute atomic E-state index is 0.00865. The first-order valence-corrected chi connectivity index (χ1v) is 6.02. The van der Waals surface area contributed by atoms with Crippen molar-refractivity contribution in [1.29, 1.82) is 0 Å². The summed E-state index contributed by atoms with van der Waals surface area (Å²) in [6.45, 7) is 2.02. The topological polar surface area (TPSA) is 80.9 Å². The number of carbonyl (C=O) groups is 1. The Kier molecular flexibility index (Phi) is 5.61. The van der Waals surface area contributed by atoms with E-state index in [1.807, 2.05) is 6.92 Å².